The highest BCUT2D eigenvalue weighted by atomic mass is 35.5. The highest BCUT2D eigenvalue weighted by molar-refractivity contribution is 6.30. The molecule has 1 aromatic heterocycles. The zero-order valence-corrected chi connectivity index (χ0v) is 12.6. The molecule has 7 heteroatoms. The average molecular weight is 329 g/mol. The summed E-state index contributed by atoms with van der Waals surface area (Å²) in [6, 6.07) is 7.69. The normalized spacial score (nSPS) is 11.3. The van der Waals surface area contributed by atoms with E-state index >= 15 is 0 Å². The van der Waals surface area contributed by atoms with Crippen LogP contribution in [0.25, 0.3) is 11.1 Å². The van der Waals surface area contributed by atoms with Gasteiger partial charge in [-0.05, 0) is 31.5 Å². The van der Waals surface area contributed by atoms with Gasteiger partial charge in [0.15, 0.2) is 5.69 Å². The van der Waals surface area contributed by atoms with E-state index in [4.69, 9.17) is 16.4 Å². The van der Waals surface area contributed by atoms with Crippen molar-refractivity contribution in [1.29, 1.82) is 5.26 Å². The van der Waals surface area contributed by atoms with Gasteiger partial charge in [-0.15, -0.1) is 0 Å². The number of nitriles is 1. The van der Waals surface area contributed by atoms with Gasteiger partial charge in [-0.1, -0.05) is 23.7 Å². The Bertz CT molecular complexity index is 727. The van der Waals surface area contributed by atoms with Crippen LogP contribution in [0.3, 0.4) is 0 Å². The number of rotatable bonds is 3. The first-order valence-corrected chi connectivity index (χ1v) is 6.80. The molecule has 0 saturated carbocycles. The summed E-state index contributed by atoms with van der Waals surface area (Å²) in [7, 11) is 0. The van der Waals surface area contributed by atoms with Crippen LogP contribution in [0.15, 0.2) is 24.3 Å². The quantitative estimate of drug-likeness (QED) is 0.834. The summed E-state index contributed by atoms with van der Waals surface area (Å²) >= 11 is 5.77. The highest BCUT2D eigenvalue weighted by Gasteiger charge is 2.42. The third kappa shape index (κ3) is 2.77. The first kappa shape index (κ1) is 16.2. The van der Waals surface area contributed by atoms with Crippen molar-refractivity contribution in [2.45, 2.75) is 20.0 Å². The van der Waals surface area contributed by atoms with Gasteiger partial charge in [0.1, 0.15) is 12.7 Å². The third-order valence-electron chi connectivity index (χ3n) is 3.13. The molecule has 0 aliphatic heterocycles. The predicted molar refractivity (Wildman–Crippen MR) is 76.5 cm³/mol. The fourth-order valence-electron chi connectivity index (χ4n) is 2.25. The van der Waals surface area contributed by atoms with Crippen molar-refractivity contribution >= 4 is 11.6 Å². The largest absolute Gasteiger partial charge is 0.435 e. The molecule has 0 aliphatic rings. The van der Waals surface area contributed by atoms with Crippen molar-refractivity contribution in [3.8, 4) is 17.2 Å². The number of nitrogens with zero attached hydrogens (tertiary/aromatic N) is 2. The van der Waals surface area contributed by atoms with Crippen LogP contribution in [0.5, 0.6) is 0 Å². The van der Waals surface area contributed by atoms with Gasteiger partial charge in [0.05, 0.1) is 11.3 Å². The van der Waals surface area contributed by atoms with Crippen LogP contribution in [-0.4, -0.2) is 11.3 Å². The molecule has 0 radical (unpaired) electrons. The van der Waals surface area contributed by atoms with Crippen LogP contribution in [-0.2, 0) is 6.18 Å². The molecule has 0 amide bonds. The molecule has 3 nitrogen and oxygen atoms in total. The maximum atomic E-state index is 13.5. The van der Waals surface area contributed by atoms with E-state index in [1.165, 1.54) is 31.2 Å². The van der Waals surface area contributed by atoms with Gasteiger partial charge in [-0.2, -0.15) is 23.2 Å². The summed E-state index contributed by atoms with van der Waals surface area (Å²) in [5, 5.41) is 9.67. The van der Waals surface area contributed by atoms with E-state index in [1.54, 1.807) is 6.92 Å². The van der Waals surface area contributed by atoms with Gasteiger partial charge in [-0.3, -0.25) is 0 Å². The summed E-state index contributed by atoms with van der Waals surface area (Å²) in [5.41, 5.74) is -0.886. The molecule has 1 aromatic carbocycles. The van der Waals surface area contributed by atoms with E-state index in [1.807, 2.05) is 6.07 Å². The maximum Gasteiger partial charge on any atom is 0.435 e. The summed E-state index contributed by atoms with van der Waals surface area (Å²) in [6.07, 6.45) is -4.66. The van der Waals surface area contributed by atoms with Crippen LogP contribution in [0, 0.1) is 18.3 Å². The Morgan fingerprint density at radius 3 is 2.32 bits per heavy atom. The van der Waals surface area contributed by atoms with Gasteiger partial charge in [-0.25, -0.2) is 0 Å². The van der Waals surface area contributed by atoms with Crippen LogP contribution < -0.4 is 4.84 Å². The van der Waals surface area contributed by atoms with Crippen molar-refractivity contribution in [3.05, 3.63) is 46.2 Å². The molecule has 0 aliphatic carbocycles. The molecule has 0 spiro atoms. The molecule has 0 atom stereocenters. The van der Waals surface area contributed by atoms with Crippen molar-refractivity contribution in [3.63, 3.8) is 0 Å². The number of hydrogen-bond acceptors (Lipinski definition) is 2. The Morgan fingerprint density at radius 1 is 1.27 bits per heavy atom. The average Bonchev–Trinajstić information content (AvgIpc) is 2.73. The molecule has 116 valence electrons. The lowest BCUT2D eigenvalue weighted by molar-refractivity contribution is -0.151. The van der Waals surface area contributed by atoms with Crippen LogP contribution in [0.1, 0.15) is 23.9 Å². The molecular weight excluding hydrogens is 317 g/mol. The minimum absolute atomic E-state index is 0.0452. The lowest BCUT2D eigenvalue weighted by Crippen LogP contribution is -2.21. The summed E-state index contributed by atoms with van der Waals surface area (Å²) in [5.74, 6) is 0. The lowest BCUT2D eigenvalue weighted by Gasteiger charge is -2.15. The smallest absolute Gasteiger partial charge is 0.414 e. The number of halogens is 4. The topological polar surface area (TPSA) is 38.0 Å². The van der Waals surface area contributed by atoms with Crippen LogP contribution in [0.4, 0.5) is 13.2 Å². The SMILES string of the molecule is CCOn1c(C)c(C#N)c(-c2ccc(Cl)cc2)c1C(F)(F)F. The van der Waals surface area contributed by atoms with Gasteiger partial charge in [0, 0.05) is 10.6 Å². The molecule has 22 heavy (non-hydrogen) atoms. The van der Waals surface area contributed by atoms with Gasteiger partial charge < -0.3 is 4.84 Å². The van der Waals surface area contributed by atoms with Gasteiger partial charge >= 0.3 is 6.18 Å². The Morgan fingerprint density at radius 2 is 1.86 bits per heavy atom. The second-order valence-corrected chi connectivity index (χ2v) is 4.95. The molecular formula is C15H12ClF3N2O. The van der Waals surface area contributed by atoms with E-state index in [9.17, 15) is 18.4 Å². The fraction of sp³-hybridized carbons (Fsp3) is 0.267. The van der Waals surface area contributed by atoms with Crippen LogP contribution >= 0.6 is 11.6 Å². The predicted octanol–water partition coefficient (Wildman–Crippen LogP) is 4.46. The number of aromatic nitrogens is 1. The molecule has 0 bridgehead atoms. The Hall–Kier alpha value is -2.13. The number of benzene rings is 1. The number of alkyl halides is 3. The van der Waals surface area contributed by atoms with E-state index in [0.717, 1.165) is 0 Å². The third-order valence-corrected chi connectivity index (χ3v) is 3.38. The van der Waals surface area contributed by atoms with Crippen molar-refractivity contribution in [1.82, 2.24) is 4.73 Å². The van der Waals surface area contributed by atoms with E-state index in [2.05, 4.69) is 0 Å². The summed E-state index contributed by atoms with van der Waals surface area (Å²) < 4.78 is 41.2. The summed E-state index contributed by atoms with van der Waals surface area (Å²) in [6.45, 7) is 3.04. The van der Waals surface area contributed by atoms with Gasteiger partial charge in [0.25, 0.3) is 0 Å². The Labute approximate surface area is 130 Å². The Balaban J connectivity index is 2.84. The van der Waals surface area contributed by atoms with Crippen molar-refractivity contribution < 1.29 is 18.0 Å². The van der Waals surface area contributed by atoms with Crippen molar-refractivity contribution in [2.75, 3.05) is 6.61 Å². The van der Waals surface area contributed by atoms with Gasteiger partial charge in [0.2, 0.25) is 0 Å². The van der Waals surface area contributed by atoms with E-state index in [0.29, 0.717) is 9.75 Å². The summed E-state index contributed by atoms with van der Waals surface area (Å²) in [4.78, 5) is 5.08. The first-order chi connectivity index (χ1) is 10.3. The second kappa shape index (κ2) is 5.93. The number of hydrogen-bond donors (Lipinski definition) is 0. The second-order valence-electron chi connectivity index (χ2n) is 4.51. The standard InChI is InChI=1S/C15H12ClF3N2O/c1-3-22-21-9(2)12(8-20)13(14(21)15(17,18)19)10-4-6-11(16)7-5-10/h4-7H,3H2,1-2H3. The maximum absolute atomic E-state index is 13.5. The van der Waals surface area contributed by atoms with Crippen LogP contribution in [0.2, 0.25) is 5.02 Å². The lowest BCUT2D eigenvalue weighted by atomic mass is 10.0. The zero-order chi connectivity index (χ0) is 16.5. The molecule has 0 saturated heterocycles. The zero-order valence-electron chi connectivity index (χ0n) is 11.8. The fourth-order valence-corrected chi connectivity index (χ4v) is 2.38. The Kier molecular flexibility index (Phi) is 4.38. The molecule has 0 N–H and O–H groups in total. The molecule has 0 fully saturated rings. The minimum atomic E-state index is -4.66. The van der Waals surface area contributed by atoms with Crippen molar-refractivity contribution in [2.24, 2.45) is 0 Å². The molecule has 0 unspecified atom stereocenters. The monoisotopic (exact) mass is 328 g/mol. The van der Waals surface area contributed by atoms with E-state index < -0.39 is 11.9 Å². The molecule has 1 heterocycles. The highest BCUT2D eigenvalue weighted by Crippen LogP contribution is 2.41. The minimum Gasteiger partial charge on any atom is -0.414 e. The first-order valence-electron chi connectivity index (χ1n) is 6.43. The molecule has 2 aromatic rings. The molecule has 2 rings (SSSR count). The van der Waals surface area contributed by atoms with E-state index in [-0.39, 0.29) is 29.0 Å².